The van der Waals surface area contributed by atoms with E-state index in [4.69, 9.17) is 0 Å². The number of likely N-dealkylation sites (tertiary alicyclic amines) is 1. The molecule has 18 heavy (non-hydrogen) atoms. The lowest BCUT2D eigenvalue weighted by atomic mass is 9.84. The third-order valence-electron chi connectivity index (χ3n) is 4.91. The maximum Gasteiger partial charge on any atom is 0.194 e. The van der Waals surface area contributed by atoms with Crippen LogP contribution in [0.1, 0.15) is 45.4 Å². The van der Waals surface area contributed by atoms with Gasteiger partial charge in [-0.15, -0.1) is 0 Å². The Morgan fingerprint density at radius 3 is 2.78 bits per heavy atom. The smallest absolute Gasteiger partial charge is 0.194 e. The molecule has 0 bridgehead atoms. The number of aliphatic imine (C=N–C) groups is 1. The number of aliphatic hydroxyl groups is 1. The van der Waals surface area contributed by atoms with Gasteiger partial charge in [-0.3, -0.25) is 4.99 Å². The van der Waals surface area contributed by atoms with Crippen molar-refractivity contribution in [1.82, 2.24) is 10.2 Å². The fraction of sp³-hybridized carbons (Fsp3) is 0.929. The minimum atomic E-state index is 0.249. The highest BCUT2D eigenvalue weighted by Crippen LogP contribution is 2.30. The van der Waals surface area contributed by atoms with Gasteiger partial charge in [0, 0.05) is 6.04 Å². The molecule has 2 fully saturated rings. The number of aliphatic hydroxyl groups excluding tert-OH is 1. The molecular formula is C14H25N3O. The van der Waals surface area contributed by atoms with Crippen LogP contribution in [-0.4, -0.2) is 47.2 Å². The van der Waals surface area contributed by atoms with Gasteiger partial charge in [0.2, 0.25) is 0 Å². The van der Waals surface area contributed by atoms with Crippen molar-refractivity contribution in [2.24, 2.45) is 10.9 Å². The molecule has 2 aliphatic heterocycles. The Bertz CT molecular complexity index is 325. The first kappa shape index (κ1) is 12.3. The van der Waals surface area contributed by atoms with Crippen LogP contribution in [0.25, 0.3) is 0 Å². The molecule has 3 unspecified atom stereocenters. The summed E-state index contributed by atoms with van der Waals surface area (Å²) in [5, 5.41) is 12.9. The third-order valence-corrected chi connectivity index (χ3v) is 4.91. The van der Waals surface area contributed by atoms with Crippen molar-refractivity contribution in [2.75, 3.05) is 13.2 Å². The summed E-state index contributed by atoms with van der Waals surface area (Å²) in [6, 6.07) is 1.36. The van der Waals surface area contributed by atoms with Crippen LogP contribution in [0, 0.1) is 5.92 Å². The maximum atomic E-state index is 9.32. The Hall–Kier alpha value is -0.770. The fourth-order valence-corrected chi connectivity index (χ4v) is 3.79. The summed E-state index contributed by atoms with van der Waals surface area (Å²) in [6.45, 7) is 3.39. The second kappa shape index (κ2) is 5.08. The van der Waals surface area contributed by atoms with Gasteiger partial charge in [0.05, 0.1) is 25.2 Å². The number of hydrogen-bond acceptors (Lipinski definition) is 4. The van der Waals surface area contributed by atoms with Crippen molar-refractivity contribution < 1.29 is 5.11 Å². The van der Waals surface area contributed by atoms with Gasteiger partial charge >= 0.3 is 0 Å². The molecule has 0 aromatic carbocycles. The number of nitrogens with one attached hydrogen (secondary N) is 1. The van der Waals surface area contributed by atoms with Gasteiger partial charge in [0.25, 0.3) is 0 Å². The molecule has 4 heteroatoms. The average Bonchev–Trinajstić information content (AvgIpc) is 2.85. The number of rotatable bonds is 2. The minimum absolute atomic E-state index is 0.249. The molecule has 0 aromatic heterocycles. The molecule has 1 aliphatic carbocycles. The topological polar surface area (TPSA) is 47.9 Å². The summed E-state index contributed by atoms with van der Waals surface area (Å²) in [7, 11) is 0. The Kier molecular flexibility index (Phi) is 3.46. The Morgan fingerprint density at radius 2 is 2.11 bits per heavy atom. The van der Waals surface area contributed by atoms with Gasteiger partial charge < -0.3 is 15.3 Å². The highest BCUT2D eigenvalue weighted by Gasteiger charge is 2.40. The van der Waals surface area contributed by atoms with Crippen LogP contribution >= 0.6 is 0 Å². The van der Waals surface area contributed by atoms with Crippen molar-refractivity contribution in [3.8, 4) is 0 Å². The van der Waals surface area contributed by atoms with Crippen molar-refractivity contribution >= 4 is 5.96 Å². The van der Waals surface area contributed by atoms with E-state index in [1.807, 2.05) is 0 Å². The van der Waals surface area contributed by atoms with Crippen LogP contribution in [0.2, 0.25) is 0 Å². The van der Waals surface area contributed by atoms with Crippen LogP contribution in [0.4, 0.5) is 0 Å². The third kappa shape index (κ3) is 2.11. The summed E-state index contributed by atoms with van der Waals surface area (Å²) in [5.41, 5.74) is 0. The summed E-state index contributed by atoms with van der Waals surface area (Å²) in [5.74, 6) is 1.85. The monoisotopic (exact) mass is 251 g/mol. The number of guanidine groups is 1. The molecule has 3 aliphatic rings. The second-order valence-corrected chi connectivity index (χ2v) is 6.14. The molecule has 4 nitrogen and oxygen atoms in total. The van der Waals surface area contributed by atoms with E-state index in [1.165, 1.54) is 32.1 Å². The highest BCUT2D eigenvalue weighted by atomic mass is 16.3. The SMILES string of the molecule is CC1CC(CO)N1C1=NCC(C2CCCCC2)N1. The van der Waals surface area contributed by atoms with Gasteiger partial charge in [-0.05, 0) is 32.1 Å². The first-order valence-electron chi connectivity index (χ1n) is 7.49. The van der Waals surface area contributed by atoms with E-state index in [-0.39, 0.29) is 12.6 Å². The summed E-state index contributed by atoms with van der Waals surface area (Å²) in [4.78, 5) is 6.95. The van der Waals surface area contributed by atoms with Crippen molar-refractivity contribution in [3.63, 3.8) is 0 Å². The van der Waals surface area contributed by atoms with E-state index in [2.05, 4.69) is 22.1 Å². The number of hydrogen-bond donors (Lipinski definition) is 2. The first-order valence-corrected chi connectivity index (χ1v) is 7.49. The zero-order valence-corrected chi connectivity index (χ0v) is 11.3. The first-order chi connectivity index (χ1) is 8.79. The zero-order valence-electron chi connectivity index (χ0n) is 11.3. The van der Waals surface area contributed by atoms with E-state index >= 15 is 0 Å². The molecule has 0 amide bonds. The highest BCUT2D eigenvalue weighted by molar-refractivity contribution is 5.83. The maximum absolute atomic E-state index is 9.32. The van der Waals surface area contributed by atoms with Crippen molar-refractivity contribution in [1.29, 1.82) is 0 Å². The van der Waals surface area contributed by atoms with Crippen molar-refractivity contribution in [3.05, 3.63) is 0 Å². The van der Waals surface area contributed by atoms with Gasteiger partial charge in [0.1, 0.15) is 0 Å². The average molecular weight is 251 g/mol. The molecule has 3 rings (SSSR count). The number of nitrogens with zero attached hydrogens (tertiary/aromatic N) is 2. The van der Waals surface area contributed by atoms with Crippen LogP contribution in [0.15, 0.2) is 4.99 Å². The van der Waals surface area contributed by atoms with E-state index in [9.17, 15) is 5.11 Å². The molecule has 0 aromatic rings. The second-order valence-electron chi connectivity index (χ2n) is 6.14. The Labute approximate surface area is 109 Å². The normalized spacial score (nSPS) is 37.1. The van der Waals surface area contributed by atoms with Gasteiger partial charge in [0.15, 0.2) is 5.96 Å². The predicted octanol–water partition coefficient (Wildman–Crippen LogP) is 1.35. The zero-order chi connectivity index (χ0) is 12.5. The van der Waals surface area contributed by atoms with E-state index in [0.717, 1.165) is 24.8 Å². The predicted molar refractivity (Wildman–Crippen MR) is 72.6 cm³/mol. The van der Waals surface area contributed by atoms with Crippen LogP contribution in [0.3, 0.4) is 0 Å². The molecule has 1 saturated carbocycles. The molecule has 2 heterocycles. The summed E-state index contributed by atoms with van der Waals surface area (Å²) in [6.07, 6.45) is 7.99. The quantitative estimate of drug-likeness (QED) is 0.779. The molecule has 1 saturated heterocycles. The van der Waals surface area contributed by atoms with E-state index in [0.29, 0.717) is 12.1 Å². The molecular weight excluding hydrogens is 226 g/mol. The lowest BCUT2D eigenvalue weighted by Gasteiger charge is -2.47. The summed E-state index contributed by atoms with van der Waals surface area (Å²) < 4.78 is 0. The molecule has 0 spiro atoms. The molecule has 102 valence electrons. The van der Waals surface area contributed by atoms with Crippen LogP contribution in [-0.2, 0) is 0 Å². The lowest BCUT2D eigenvalue weighted by molar-refractivity contribution is 0.0522. The molecule has 3 atom stereocenters. The standard InChI is InChI=1S/C14H25N3O/c1-10-7-12(9-18)17(10)14-15-8-13(16-14)11-5-3-2-4-6-11/h10-13,18H,2-9H2,1H3,(H,15,16). The van der Waals surface area contributed by atoms with Crippen LogP contribution in [0.5, 0.6) is 0 Å². The van der Waals surface area contributed by atoms with E-state index < -0.39 is 0 Å². The Balaban J connectivity index is 1.57. The fourth-order valence-electron chi connectivity index (χ4n) is 3.79. The van der Waals surface area contributed by atoms with Crippen LogP contribution < -0.4 is 5.32 Å². The minimum Gasteiger partial charge on any atom is -0.394 e. The largest absolute Gasteiger partial charge is 0.394 e. The molecule has 2 N–H and O–H groups in total. The van der Waals surface area contributed by atoms with E-state index in [1.54, 1.807) is 0 Å². The van der Waals surface area contributed by atoms with Gasteiger partial charge in [-0.1, -0.05) is 19.3 Å². The van der Waals surface area contributed by atoms with Gasteiger partial charge in [-0.2, -0.15) is 0 Å². The Morgan fingerprint density at radius 1 is 1.33 bits per heavy atom. The van der Waals surface area contributed by atoms with Crippen molar-refractivity contribution in [2.45, 2.75) is 63.6 Å². The summed E-state index contributed by atoms with van der Waals surface area (Å²) >= 11 is 0. The lowest BCUT2D eigenvalue weighted by Crippen LogP contribution is -2.62. The molecule has 0 radical (unpaired) electrons. The van der Waals surface area contributed by atoms with Gasteiger partial charge in [-0.25, -0.2) is 0 Å².